The van der Waals surface area contributed by atoms with E-state index in [9.17, 15) is 14.4 Å². The van der Waals surface area contributed by atoms with E-state index in [1.165, 1.54) is 0 Å². The molecule has 7 nitrogen and oxygen atoms in total. The zero-order valence-electron chi connectivity index (χ0n) is 19.0. The molecule has 0 spiro atoms. The van der Waals surface area contributed by atoms with Crippen LogP contribution in [0.3, 0.4) is 0 Å². The number of nitrogens with zero attached hydrogens (tertiary/aromatic N) is 1. The van der Waals surface area contributed by atoms with Crippen molar-refractivity contribution in [2.75, 3.05) is 19.0 Å². The van der Waals surface area contributed by atoms with Crippen molar-refractivity contribution in [1.29, 1.82) is 0 Å². The zero-order valence-corrected chi connectivity index (χ0v) is 24.1. The van der Waals surface area contributed by atoms with Gasteiger partial charge in [0.15, 0.2) is 0 Å². The molecule has 0 atom stereocenters. The third-order valence-electron chi connectivity index (χ3n) is 5.09. The van der Waals surface area contributed by atoms with Gasteiger partial charge in [0, 0.05) is 5.69 Å². The Hall–Kier alpha value is -2.58. The summed E-state index contributed by atoms with van der Waals surface area (Å²) in [7, 11) is 1.55. The lowest BCUT2D eigenvalue weighted by atomic mass is 10.2. The van der Waals surface area contributed by atoms with E-state index in [4.69, 9.17) is 9.47 Å². The summed E-state index contributed by atoms with van der Waals surface area (Å²) < 4.78 is 12.9. The van der Waals surface area contributed by atoms with Crippen molar-refractivity contribution in [3.63, 3.8) is 0 Å². The highest BCUT2D eigenvalue weighted by Gasteiger charge is 2.36. The first kappa shape index (κ1) is 26.5. The van der Waals surface area contributed by atoms with Gasteiger partial charge in [0.1, 0.15) is 24.7 Å². The number of thioether (sulfide) groups is 1. The van der Waals surface area contributed by atoms with Crippen molar-refractivity contribution in [2.45, 2.75) is 6.61 Å². The van der Waals surface area contributed by atoms with Crippen molar-refractivity contribution in [2.24, 2.45) is 0 Å². The van der Waals surface area contributed by atoms with Gasteiger partial charge in [-0.05, 0) is 111 Å². The predicted molar refractivity (Wildman–Crippen MR) is 157 cm³/mol. The molecular formula is C26H20I2N2O5S. The summed E-state index contributed by atoms with van der Waals surface area (Å²) in [4.78, 5) is 39.0. The maximum atomic E-state index is 12.9. The van der Waals surface area contributed by atoms with Crippen LogP contribution in [-0.4, -0.2) is 35.6 Å². The minimum Gasteiger partial charge on any atom is -0.497 e. The van der Waals surface area contributed by atoms with Crippen LogP contribution in [0.1, 0.15) is 11.1 Å². The molecule has 3 aromatic rings. The summed E-state index contributed by atoms with van der Waals surface area (Å²) in [5, 5.41) is 2.20. The van der Waals surface area contributed by atoms with Crippen LogP contribution in [0.25, 0.3) is 6.08 Å². The standard InChI is InChI=1S/C26H20I2N2O5S/c1-34-19-9-7-18(8-10-19)29-23(31)14-30-25(32)22(36-26(30)33)13-17-11-20(27)24(21(28)12-17)35-15-16-5-3-2-4-6-16/h2-13H,14-15H2,1H3,(H,29,31)/b22-13+. The molecule has 36 heavy (non-hydrogen) atoms. The Morgan fingerprint density at radius 2 is 1.69 bits per heavy atom. The molecule has 0 unspecified atom stereocenters. The van der Waals surface area contributed by atoms with Crippen LogP contribution in [0.5, 0.6) is 11.5 Å². The molecule has 1 aliphatic heterocycles. The topological polar surface area (TPSA) is 84.9 Å². The number of anilines is 1. The molecule has 0 aromatic heterocycles. The molecule has 0 radical (unpaired) electrons. The largest absolute Gasteiger partial charge is 0.497 e. The van der Waals surface area contributed by atoms with Crippen molar-refractivity contribution >= 4 is 85.8 Å². The molecule has 1 aliphatic rings. The number of carbonyl (C=O) groups is 3. The zero-order chi connectivity index (χ0) is 25.7. The molecule has 0 saturated carbocycles. The minimum atomic E-state index is -0.496. The summed E-state index contributed by atoms with van der Waals surface area (Å²) in [5.74, 6) is 0.460. The number of amides is 3. The van der Waals surface area contributed by atoms with Gasteiger partial charge in [-0.3, -0.25) is 19.3 Å². The first-order valence-electron chi connectivity index (χ1n) is 10.7. The van der Waals surface area contributed by atoms with Crippen LogP contribution in [0.15, 0.2) is 71.6 Å². The van der Waals surface area contributed by atoms with E-state index < -0.39 is 17.1 Å². The lowest BCUT2D eigenvalue weighted by molar-refractivity contribution is -0.127. The third-order valence-corrected chi connectivity index (χ3v) is 7.60. The number of benzene rings is 3. The highest BCUT2D eigenvalue weighted by molar-refractivity contribution is 14.1. The first-order valence-corrected chi connectivity index (χ1v) is 13.7. The van der Waals surface area contributed by atoms with Crippen LogP contribution >= 0.6 is 56.9 Å². The molecule has 1 N–H and O–H groups in total. The fourth-order valence-electron chi connectivity index (χ4n) is 3.34. The molecule has 4 rings (SSSR count). The van der Waals surface area contributed by atoms with E-state index in [2.05, 4.69) is 50.5 Å². The Kier molecular flexibility index (Phi) is 8.90. The lowest BCUT2D eigenvalue weighted by Gasteiger charge is -2.13. The second-order valence-electron chi connectivity index (χ2n) is 7.63. The first-order chi connectivity index (χ1) is 17.3. The van der Waals surface area contributed by atoms with Gasteiger partial charge < -0.3 is 14.8 Å². The second-order valence-corrected chi connectivity index (χ2v) is 11.0. The SMILES string of the molecule is COc1ccc(NC(=O)CN2C(=O)S/C(=C/c3cc(I)c(OCc4ccccc4)c(I)c3)C2=O)cc1. The highest BCUT2D eigenvalue weighted by Crippen LogP contribution is 2.35. The Morgan fingerprint density at radius 3 is 2.33 bits per heavy atom. The fraction of sp³-hybridized carbons (Fsp3) is 0.115. The van der Waals surface area contributed by atoms with Crippen LogP contribution in [0, 0.1) is 7.14 Å². The Morgan fingerprint density at radius 1 is 1.03 bits per heavy atom. The van der Waals surface area contributed by atoms with E-state index in [-0.39, 0.29) is 11.4 Å². The summed E-state index contributed by atoms with van der Waals surface area (Å²) in [6.07, 6.45) is 1.66. The van der Waals surface area contributed by atoms with Gasteiger partial charge in [0.2, 0.25) is 5.91 Å². The molecule has 1 fully saturated rings. The Labute approximate surface area is 239 Å². The van der Waals surface area contributed by atoms with E-state index in [1.54, 1.807) is 37.5 Å². The average molecular weight is 726 g/mol. The van der Waals surface area contributed by atoms with E-state index in [0.717, 1.165) is 40.7 Å². The van der Waals surface area contributed by atoms with Crippen LogP contribution in [0.2, 0.25) is 0 Å². The summed E-state index contributed by atoms with van der Waals surface area (Å²) in [5.41, 5.74) is 2.38. The van der Waals surface area contributed by atoms with Crippen molar-refractivity contribution in [3.8, 4) is 11.5 Å². The number of imide groups is 1. The number of ether oxygens (including phenoxy) is 2. The normalized spacial score (nSPS) is 14.3. The summed E-state index contributed by atoms with van der Waals surface area (Å²) in [6, 6.07) is 20.5. The van der Waals surface area contributed by atoms with Gasteiger partial charge in [-0.15, -0.1) is 0 Å². The number of hydrogen-bond acceptors (Lipinski definition) is 6. The number of halogens is 2. The van der Waals surface area contributed by atoms with Gasteiger partial charge in [0.05, 0.1) is 19.2 Å². The number of methoxy groups -OCH3 is 1. The minimum absolute atomic E-state index is 0.266. The highest BCUT2D eigenvalue weighted by atomic mass is 127. The van der Waals surface area contributed by atoms with Gasteiger partial charge in [-0.2, -0.15) is 0 Å². The fourth-order valence-corrected chi connectivity index (χ4v) is 6.30. The van der Waals surface area contributed by atoms with Crippen LogP contribution in [0.4, 0.5) is 10.5 Å². The molecule has 10 heteroatoms. The van der Waals surface area contributed by atoms with Gasteiger partial charge in [0.25, 0.3) is 11.1 Å². The molecule has 3 aromatic carbocycles. The smallest absolute Gasteiger partial charge is 0.294 e. The van der Waals surface area contributed by atoms with Crippen molar-refractivity contribution in [3.05, 3.63) is 89.9 Å². The lowest BCUT2D eigenvalue weighted by Crippen LogP contribution is -2.36. The maximum absolute atomic E-state index is 12.9. The number of carbonyl (C=O) groups excluding carboxylic acids is 3. The molecule has 1 heterocycles. The van der Waals surface area contributed by atoms with E-state index in [0.29, 0.717) is 18.0 Å². The number of rotatable bonds is 8. The molecule has 0 aliphatic carbocycles. The average Bonchev–Trinajstić information content (AvgIpc) is 3.11. The second kappa shape index (κ2) is 12.1. The Balaban J connectivity index is 1.42. The summed E-state index contributed by atoms with van der Waals surface area (Å²) >= 11 is 5.21. The van der Waals surface area contributed by atoms with Gasteiger partial charge in [-0.1, -0.05) is 30.3 Å². The Bertz CT molecular complexity index is 1310. The van der Waals surface area contributed by atoms with Gasteiger partial charge in [-0.25, -0.2) is 0 Å². The van der Waals surface area contributed by atoms with Gasteiger partial charge >= 0.3 is 0 Å². The molecular weight excluding hydrogens is 706 g/mol. The maximum Gasteiger partial charge on any atom is 0.294 e. The molecule has 184 valence electrons. The monoisotopic (exact) mass is 726 g/mol. The van der Waals surface area contributed by atoms with Crippen LogP contribution < -0.4 is 14.8 Å². The quantitative estimate of drug-likeness (QED) is 0.221. The van der Waals surface area contributed by atoms with Crippen molar-refractivity contribution < 1.29 is 23.9 Å². The van der Waals surface area contributed by atoms with E-state index in [1.807, 2.05) is 42.5 Å². The molecule has 1 saturated heterocycles. The predicted octanol–water partition coefficient (Wildman–Crippen LogP) is 6.16. The number of hydrogen-bond donors (Lipinski definition) is 1. The molecule has 0 bridgehead atoms. The third kappa shape index (κ3) is 6.59. The van der Waals surface area contributed by atoms with Crippen LogP contribution in [-0.2, 0) is 16.2 Å². The number of nitrogens with one attached hydrogen (secondary N) is 1. The molecule has 3 amide bonds. The van der Waals surface area contributed by atoms with Crippen molar-refractivity contribution in [1.82, 2.24) is 4.90 Å². The summed E-state index contributed by atoms with van der Waals surface area (Å²) in [6.45, 7) is 0.0824. The van der Waals surface area contributed by atoms with E-state index >= 15 is 0 Å².